The summed E-state index contributed by atoms with van der Waals surface area (Å²) >= 11 is 0. The molecule has 0 radical (unpaired) electrons. The van der Waals surface area contributed by atoms with Crippen molar-refractivity contribution in [3.63, 3.8) is 0 Å². The van der Waals surface area contributed by atoms with Crippen LogP contribution in [0.2, 0.25) is 0 Å². The monoisotopic (exact) mass is 252 g/mol. The summed E-state index contributed by atoms with van der Waals surface area (Å²) in [6.07, 6.45) is 0.780. The van der Waals surface area contributed by atoms with Crippen LogP contribution in [0.5, 0.6) is 0 Å². The van der Waals surface area contributed by atoms with Crippen molar-refractivity contribution in [1.29, 1.82) is 0 Å². The Hall–Kier alpha value is -1.16. The lowest BCUT2D eigenvalue weighted by Gasteiger charge is -2.01. The third kappa shape index (κ3) is 2.14. The second-order valence-corrected chi connectivity index (χ2v) is 7.01. The highest BCUT2D eigenvalue weighted by atomic mass is 32.2. The van der Waals surface area contributed by atoms with Crippen LogP contribution in [-0.4, -0.2) is 25.7 Å². The normalized spacial score (nSPS) is 27.8. The van der Waals surface area contributed by atoms with E-state index in [1.165, 1.54) is 0 Å². The first-order valence-electron chi connectivity index (χ1n) is 5.74. The lowest BCUT2D eigenvalue weighted by Crippen LogP contribution is -2.12. The number of sulfone groups is 1. The maximum absolute atomic E-state index is 11.8. The topological polar surface area (TPSA) is 51.2 Å². The minimum absolute atomic E-state index is 0.102. The van der Waals surface area contributed by atoms with Crippen molar-refractivity contribution in [2.24, 2.45) is 5.92 Å². The number of aldehydes is 1. The molecule has 1 aliphatic carbocycles. The average molecular weight is 252 g/mol. The van der Waals surface area contributed by atoms with E-state index in [2.05, 4.69) is 0 Å². The molecule has 0 spiro atoms. The predicted octanol–water partition coefficient (Wildman–Crippen LogP) is 1.71. The Morgan fingerprint density at radius 3 is 2.29 bits per heavy atom. The zero-order valence-electron chi connectivity index (χ0n) is 9.96. The van der Waals surface area contributed by atoms with E-state index in [9.17, 15) is 13.2 Å². The maximum Gasteiger partial charge on any atom is 0.154 e. The molecule has 4 heteroatoms. The Bertz CT molecular complexity index is 516. The molecule has 0 aromatic heterocycles. The second-order valence-electron chi connectivity index (χ2n) is 4.57. The Balaban J connectivity index is 2.29. The number of benzene rings is 1. The van der Waals surface area contributed by atoms with Gasteiger partial charge in [0.1, 0.15) is 6.29 Å². The van der Waals surface area contributed by atoms with E-state index in [1.54, 1.807) is 6.92 Å². The molecule has 3 nitrogen and oxygen atoms in total. The molecular weight excluding hydrogens is 236 g/mol. The van der Waals surface area contributed by atoms with Crippen LogP contribution in [0.25, 0.3) is 0 Å². The van der Waals surface area contributed by atoms with Gasteiger partial charge >= 0.3 is 0 Å². The summed E-state index contributed by atoms with van der Waals surface area (Å²) in [6, 6.07) is 7.74. The summed E-state index contributed by atoms with van der Waals surface area (Å²) < 4.78 is 23.6. The Kier molecular flexibility index (Phi) is 3.08. The van der Waals surface area contributed by atoms with Gasteiger partial charge in [0, 0.05) is 17.6 Å². The van der Waals surface area contributed by atoms with Crippen molar-refractivity contribution in [2.45, 2.75) is 25.0 Å². The SMILES string of the molecule is CCS(=O)(=O)[C@@H]1[C@H](C=O)[C@@H]1c1ccc(C)cc1. The first-order chi connectivity index (χ1) is 8.01. The van der Waals surface area contributed by atoms with Gasteiger partial charge in [0.15, 0.2) is 9.84 Å². The molecule has 92 valence electrons. The van der Waals surface area contributed by atoms with Crippen LogP contribution in [-0.2, 0) is 14.6 Å². The van der Waals surface area contributed by atoms with Gasteiger partial charge in [0.2, 0.25) is 0 Å². The van der Waals surface area contributed by atoms with Crippen LogP contribution < -0.4 is 0 Å². The average Bonchev–Trinajstić information content (AvgIpc) is 3.05. The minimum Gasteiger partial charge on any atom is -0.303 e. The Morgan fingerprint density at radius 1 is 1.24 bits per heavy atom. The molecule has 0 heterocycles. The van der Waals surface area contributed by atoms with E-state index in [-0.39, 0.29) is 17.6 Å². The number of hydrogen-bond donors (Lipinski definition) is 0. The van der Waals surface area contributed by atoms with Crippen molar-refractivity contribution in [2.75, 3.05) is 5.75 Å². The van der Waals surface area contributed by atoms with Crippen molar-refractivity contribution in [3.05, 3.63) is 35.4 Å². The van der Waals surface area contributed by atoms with E-state index in [0.717, 1.165) is 17.4 Å². The van der Waals surface area contributed by atoms with Crippen LogP contribution >= 0.6 is 0 Å². The molecule has 0 amide bonds. The lowest BCUT2D eigenvalue weighted by atomic mass is 10.1. The lowest BCUT2D eigenvalue weighted by molar-refractivity contribution is -0.108. The van der Waals surface area contributed by atoms with Gasteiger partial charge in [-0.2, -0.15) is 0 Å². The van der Waals surface area contributed by atoms with Crippen molar-refractivity contribution in [3.8, 4) is 0 Å². The molecule has 1 fully saturated rings. The van der Waals surface area contributed by atoms with Crippen LogP contribution in [0.3, 0.4) is 0 Å². The van der Waals surface area contributed by atoms with Gasteiger partial charge in [-0.25, -0.2) is 8.42 Å². The van der Waals surface area contributed by atoms with Crippen molar-refractivity contribution in [1.82, 2.24) is 0 Å². The quantitative estimate of drug-likeness (QED) is 0.767. The van der Waals surface area contributed by atoms with Gasteiger partial charge in [0.05, 0.1) is 5.25 Å². The zero-order valence-corrected chi connectivity index (χ0v) is 10.8. The fourth-order valence-electron chi connectivity index (χ4n) is 2.32. The number of rotatable bonds is 4. The van der Waals surface area contributed by atoms with Crippen molar-refractivity contribution < 1.29 is 13.2 Å². The summed E-state index contributed by atoms with van der Waals surface area (Å²) in [4.78, 5) is 10.9. The molecule has 1 aromatic carbocycles. The highest BCUT2D eigenvalue weighted by Gasteiger charge is 2.57. The van der Waals surface area contributed by atoms with Crippen molar-refractivity contribution >= 4 is 16.1 Å². The van der Waals surface area contributed by atoms with Crippen LogP contribution in [0, 0.1) is 12.8 Å². The number of hydrogen-bond acceptors (Lipinski definition) is 3. The molecule has 1 aromatic rings. The van der Waals surface area contributed by atoms with Gasteiger partial charge in [-0.1, -0.05) is 36.8 Å². The van der Waals surface area contributed by atoms with Gasteiger partial charge in [0.25, 0.3) is 0 Å². The first kappa shape index (κ1) is 12.3. The fourth-order valence-corrected chi connectivity index (χ4v) is 4.11. The summed E-state index contributed by atoms with van der Waals surface area (Å²) in [5.74, 6) is -0.398. The molecule has 1 saturated carbocycles. The Labute approximate surface area is 102 Å². The van der Waals surface area contributed by atoms with Gasteiger partial charge in [-0.05, 0) is 12.5 Å². The smallest absolute Gasteiger partial charge is 0.154 e. The highest BCUT2D eigenvalue weighted by molar-refractivity contribution is 7.92. The van der Waals surface area contributed by atoms with E-state index in [1.807, 2.05) is 31.2 Å². The molecule has 0 saturated heterocycles. The highest BCUT2D eigenvalue weighted by Crippen LogP contribution is 2.51. The zero-order chi connectivity index (χ0) is 12.6. The molecule has 17 heavy (non-hydrogen) atoms. The molecule has 0 aliphatic heterocycles. The molecule has 0 N–H and O–H groups in total. The number of aryl methyl sites for hydroxylation is 1. The molecule has 0 unspecified atom stereocenters. The largest absolute Gasteiger partial charge is 0.303 e. The van der Waals surface area contributed by atoms with E-state index < -0.39 is 15.1 Å². The van der Waals surface area contributed by atoms with Gasteiger partial charge in [-0.15, -0.1) is 0 Å². The standard InChI is InChI=1S/C13H16O3S/c1-3-17(15,16)13-11(8-14)12(13)10-6-4-9(2)5-7-10/h4-8,11-13H,3H2,1-2H3/t11-,12+,13-/m1/s1. The molecular formula is C13H16O3S. The summed E-state index contributed by atoms with van der Waals surface area (Å²) in [7, 11) is -3.12. The van der Waals surface area contributed by atoms with Gasteiger partial charge < -0.3 is 4.79 Å². The summed E-state index contributed by atoms with van der Waals surface area (Å²) in [5, 5.41) is -0.507. The number of carbonyl (C=O) groups is 1. The predicted molar refractivity (Wildman–Crippen MR) is 66.7 cm³/mol. The Morgan fingerprint density at radius 2 is 1.82 bits per heavy atom. The van der Waals surface area contributed by atoms with E-state index in [0.29, 0.717) is 0 Å². The fraction of sp³-hybridized carbons (Fsp3) is 0.462. The number of carbonyl (C=O) groups excluding carboxylic acids is 1. The molecule has 3 atom stereocenters. The second kappa shape index (κ2) is 4.26. The van der Waals surface area contributed by atoms with Gasteiger partial charge in [-0.3, -0.25) is 0 Å². The third-order valence-electron chi connectivity index (χ3n) is 3.44. The third-order valence-corrected chi connectivity index (χ3v) is 5.69. The molecule has 0 bridgehead atoms. The first-order valence-corrected chi connectivity index (χ1v) is 7.46. The summed E-state index contributed by atoms with van der Waals surface area (Å²) in [6.45, 7) is 3.61. The van der Waals surface area contributed by atoms with Crippen LogP contribution in [0.4, 0.5) is 0 Å². The van der Waals surface area contributed by atoms with Crippen LogP contribution in [0.1, 0.15) is 24.0 Å². The van der Waals surface area contributed by atoms with E-state index in [4.69, 9.17) is 0 Å². The summed E-state index contributed by atoms with van der Waals surface area (Å²) in [5.41, 5.74) is 2.08. The van der Waals surface area contributed by atoms with E-state index >= 15 is 0 Å². The maximum atomic E-state index is 11.8. The molecule has 2 rings (SSSR count). The minimum atomic E-state index is -3.12. The van der Waals surface area contributed by atoms with Crippen LogP contribution in [0.15, 0.2) is 24.3 Å². The molecule has 1 aliphatic rings.